The van der Waals surface area contributed by atoms with E-state index in [1.54, 1.807) is 12.4 Å². The van der Waals surface area contributed by atoms with E-state index in [1.165, 1.54) is 12.1 Å². The summed E-state index contributed by atoms with van der Waals surface area (Å²) in [5.41, 5.74) is 8.81. The van der Waals surface area contributed by atoms with Crippen molar-refractivity contribution in [2.45, 2.75) is 6.42 Å². The molecule has 0 amide bonds. The monoisotopic (exact) mass is 281 g/mol. The summed E-state index contributed by atoms with van der Waals surface area (Å²) in [5, 5.41) is 5.41. The van der Waals surface area contributed by atoms with Crippen LogP contribution < -0.4 is 11.1 Å². The van der Waals surface area contributed by atoms with E-state index in [1.807, 2.05) is 30.3 Å². The second-order valence-electron chi connectivity index (χ2n) is 4.93. The largest absolute Gasteiger partial charge is 0.398 e. The summed E-state index contributed by atoms with van der Waals surface area (Å²) >= 11 is 0. The lowest BCUT2D eigenvalue weighted by atomic mass is 10.1. The summed E-state index contributed by atoms with van der Waals surface area (Å²) in [6, 6.07) is 12.4. The highest BCUT2D eigenvalue weighted by molar-refractivity contribution is 6.00. The van der Waals surface area contributed by atoms with Gasteiger partial charge in [0.1, 0.15) is 5.82 Å². The van der Waals surface area contributed by atoms with Crippen molar-refractivity contribution in [2.75, 3.05) is 17.6 Å². The molecule has 0 radical (unpaired) electrons. The molecular weight excluding hydrogens is 265 g/mol. The van der Waals surface area contributed by atoms with Crippen molar-refractivity contribution in [2.24, 2.45) is 0 Å². The van der Waals surface area contributed by atoms with Gasteiger partial charge in [-0.15, -0.1) is 0 Å². The van der Waals surface area contributed by atoms with Crippen molar-refractivity contribution in [1.82, 2.24) is 4.98 Å². The van der Waals surface area contributed by atoms with Crippen LogP contribution in [0.3, 0.4) is 0 Å². The topological polar surface area (TPSA) is 50.9 Å². The highest BCUT2D eigenvalue weighted by atomic mass is 19.1. The van der Waals surface area contributed by atoms with Crippen molar-refractivity contribution < 1.29 is 4.39 Å². The normalized spacial score (nSPS) is 10.7. The highest BCUT2D eigenvalue weighted by Crippen LogP contribution is 2.27. The number of hydrogen-bond acceptors (Lipinski definition) is 3. The summed E-state index contributed by atoms with van der Waals surface area (Å²) < 4.78 is 12.9. The van der Waals surface area contributed by atoms with Gasteiger partial charge in [-0.2, -0.15) is 0 Å². The fourth-order valence-electron chi connectivity index (χ4n) is 2.36. The predicted octanol–water partition coefficient (Wildman–Crippen LogP) is 3.61. The van der Waals surface area contributed by atoms with Crippen molar-refractivity contribution in [3.8, 4) is 0 Å². The standard InChI is InChI=1S/C17H16FN3/c18-13-3-1-12(2-4-13)7-10-21-17-6-5-16(19)15-11-20-9-8-14(15)17/h1-6,8-9,11,21H,7,10,19H2. The summed E-state index contributed by atoms with van der Waals surface area (Å²) in [6.45, 7) is 0.771. The van der Waals surface area contributed by atoms with Gasteiger partial charge in [0.05, 0.1) is 0 Å². The molecule has 0 saturated heterocycles. The Hall–Kier alpha value is -2.62. The zero-order chi connectivity index (χ0) is 14.7. The molecule has 1 aromatic heterocycles. The number of rotatable bonds is 4. The molecule has 3 rings (SSSR count). The molecule has 3 nitrogen and oxygen atoms in total. The van der Waals surface area contributed by atoms with Gasteiger partial charge in [0, 0.05) is 41.1 Å². The van der Waals surface area contributed by atoms with E-state index in [-0.39, 0.29) is 5.82 Å². The predicted molar refractivity (Wildman–Crippen MR) is 84.7 cm³/mol. The second kappa shape index (κ2) is 5.79. The number of pyridine rings is 1. The minimum absolute atomic E-state index is 0.205. The third kappa shape index (κ3) is 2.94. The molecule has 0 aliphatic rings. The molecule has 0 spiro atoms. The Kier molecular flexibility index (Phi) is 3.69. The third-order valence-electron chi connectivity index (χ3n) is 3.49. The lowest BCUT2D eigenvalue weighted by Crippen LogP contribution is -2.05. The molecule has 3 aromatic rings. The van der Waals surface area contributed by atoms with Gasteiger partial charge in [0.15, 0.2) is 0 Å². The number of halogens is 1. The van der Waals surface area contributed by atoms with Crippen LogP contribution in [-0.4, -0.2) is 11.5 Å². The van der Waals surface area contributed by atoms with Crippen molar-refractivity contribution in [3.05, 3.63) is 66.2 Å². The zero-order valence-electron chi connectivity index (χ0n) is 11.5. The fraction of sp³-hybridized carbons (Fsp3) is 0.118. The van der Waals surface area contributed by atoms with E-state index < -0.39 is 0 Å². The summed E-state index contributed by atoms with van der Waals surface area (Å²) in [6.07, 6.45) is 4.36. The maximum atomic E-state index is 12.9. The first-order chi connectivity index (χ1) is 10.2. The van der Waals surface area contributed by atoms with E-state index in [0.717, 1.165) is 40.7 Å². The summed E-state index contributed by atoms with van der Waals surface area (Å²) in [5.74, 6) is -0.205. The van der Waals surface area contributed by atoms with Crippen LogP contribution in [0.25, 0.3) is 10.8 Å². The average molecular weight is 281 g/mol. The molecule has 0 atom stereocenters. The lowest BCUT2D eigenvalue weighted by Gasteiger charge is -2.11. The van der Waals surface area contributed by atoms with Gasteiger partial charge >= 0.3 is 0 Å². The van der Waals surface area contributed by atoms with Gasteiger partial charge in [0.2, 0.25) is 0 Å². The van der Waals surface area contributed by atoms with Crippen LogP contribution in [0.4, 0.5) is 15.8 Å². The van der Waals surface area contributed by atoms with Crippen molar-refractivity contribution in [1.29, 1.82) is 0 Å². The van der Waals surface area contributed by atoms with Crippen molar-refractivity contribution in [3.63, 3.8) is 0 Å². The van der Waals surface area contributed by atoms with Crippen molar-refractivity contribution >= 4 is 22.1 Å². The van der Waals surface area contributed by atoms with Gasteiger partial charge in [0.25, 0.3) is 0 Å². The van der Waals surface area contributed by atoms with Crippen LogP contribution in [0.2, 0.25) is 0 Å². The first kappa shape index (κ1) is 13.4. The summed E-state index contributed by atoms with van der Waals surface area (Å²) in [7, 11) is 0. The third-order valence-corrected chi connectivity index (χ3v) is 3.49. The number of hydrogen-bond donors (Lipinski definition) is 2. The molecule has 1 heterocycles. The van der Waals surface area contributed by atoms with E-state index in [9.17, 15) is 4.39 Å². The molecule has 3 N–H and O–H groups in total. The molecule has 0 unspecified atom stereocenters. The number of aromatic nitrogens is 1. The first-order valence-corrected chi connectivity index (χ1v) is 6.84. The quantitative estimate of drug-likeness (QED) is 0.718. The Morgan fingerprint density at radius 2 is 1.81 bits per heavy atom. The van der Waals surface area contributed by atoms with Gasteiger partial charge in [-0.25, -0.2) is 4.39 Å². The molecule has 0 saturated carbocycles. The number of anilines is 2. The molecule has 2 aromatic carbocycles. The molecule has 0 aliphatic heterocycles. The smallest absolute Gasteiger partial charge is 0.123 e. The van der Waals surface area contributed by atoms with Crippen LogP contribution in [0.1, 0.15) is 5.56 Å². The Labute approximate surface area is 122 Å². The molecule has 106 valence electrons. The molecule has 0 bridgehead atoms. The van der Waals surface area contributed by atoms with Crippen LogP contribution >= 0.6 is 0 Å². The lowest BCUT2D eigenvalue weighted by molar-refractivity contribution is 0.627. The Morgan fingerprint density at radius 3 is 2.62 bits per heavy atom. The van der Waals surface area contributed by atoms with Crippen LogP contribution in [0.5, 0.6) is 0 Å². The maximum absolute atomic E-state index is 12.9. The zero-order valence-corrected chi connectivity index (χ0v) is 11.5. The van der Waals surface area contributed by atoms with E-state index in [0.29, 0.717) is 0 Å². The first-order valence-electron chi connectivity index (χ1n) is 6.84. The minimum Gasteiger partial charge on any atom is -0.398 e. The Bertz CT molecular complexity index is 754. The van der Waals surface area contributed by atoms with Gasteiger partial charge in [-0.1, -0.05) is 12.1 Å². The fourth-order valence-corrected chi connectivity index (χ4v) is 2.36. The van der Waals surface area contributed by atoms with E-state index in [4.69, 9.17) is 5.73 Å². The molecule has 0 fully saturated rings. The highest BCUT2D eigenvalue weighted by Gasteiger charge is 2.03. The van der Waals surface area contributed by atoms with E-state index >= 15 is 0 Å². The average Bonchev–Trinajstić information content (AvgIpc) is 2.52. The number of nitrogen functional groups attached to an aromatic ring is 1. The van der Waals surface area contributed by atoms with Crippen LogP contribution in [0, 0.1) is 5.82 Å². The van der Waals surface area contributed by atoms with E-state index in [2.05, 4.69) is 10.3 Å². The Balaban J connectivity index is 1.74. The number of fused-ring (bicyclic) bond motifs is 1. The SMILES string of the molecule is Nc1ccc(NCCc2ccc(F)cc2)c2ccncc12. The number of nitrogens with two attached hydrogens (primary N) is 1. The molecule has 4 heteroatoms. The van der Waals surface area contributed by atoms with Gasteiger partial charge in [-0.05, 0) is 42.3 Å². The molecule has 0 aliphatic carbocycles. The van der Waals surface area contributed by atoms with Gasteiger partial charge < -0.3 is 11.1 Å². The van der Waals surface area contributed by atoms with Crippen LogP contribution in [0.15, 0.2) is 54.9 Å². The number of nitrogens with zero attached hydrogens (tertiary/aromatic N) is 1. The Morgan fingerprint density at radius 1 is 1.00 bits per heavy atom. The number of benzene rings is 2. The van der Waals surface area contributed by atoms with Crippen LogP contribution in [-0.2, 0) is 6.42 Å². The maximum Gasteiger partial charge on any atom is 0.123 e. The minimum atomic E-state index is -0.205. The second-order valence-corrected chi connectivity index (χ2v) is 4.93. The molecular formula is C17H16FN3. The molecule has 21 heavy (non-hydrogen) atoms. The summed E-state index contributed by atoms with van der Waals surface area (Å²) in [4.78, 5) is 4.11. The van der Waals surface area contributed by atoms with Gasteiger partial charge in [-0.3, -0.25) is 4.98 Å². The number of nitrogens with one attached hydrogen (secondary N) is 1.